The van der Waals surface area contributed by atoms with Crippen molar-refractivity contribution < 1.29 is 17.9 Å². The zero-order valence-corrected chi connectivity index (χ0v) is 9.22. The van der Waals surface area contributed by atoms with E-state index in [2.05, 4.69) is 4.74 Å². The van der Waals surface area contributed by atoms with Gasteiger partial charge in [0, 0.05) is 12.1 Å². The van der Waals surface area contributed by atoms with Crippen LogP contribution in [-0.2, 0) is 4.74 Å². The molecule has 2 rings (SSSR count). The fourth-order valence-electron chi connectivity index (χ4n) is 3.24. The highest BCUT2D eigenvalue weighted by atomic mass is 19.4. The maximum absolute atomic E-state index is 11.8. The number of nitrogens with two attached hydrogens (primary N) is 1. The van der Waals surface area contributed by atoms with Crippen molar-refractivity contribution in [2.45, 2.75) is 43.8 Å². The van der Waals surface area contributed by atoms with Gasteiger partial charge in [0.1, 0.15) is 6.61 Å². The summed E-state index contributed by atoms with van der Waals surface area (Å²) in [6.45, 7) is -1.03. The van der Waals surface area contributed by atoms with Crippen LogP contribution in [0.5, 0.6) is 0 Å². The van der Waals surface area contributed by atoms with Crippen LogP contribution in [0, 0.1) is 11.8 Å². The van der Waals surface area contributed by atoms with E-state index < -0.39 is 12.8 Å². The Morgan fingerprint density at radius 3 is 2.56 bits per heavy atom. The van der Waals surface area contributed by atoms with E-state index in [1.54, 1.807) is 0 Å². The Morgan fingerprint density at radius 1 is 1.31 bits per heavy atom. The van der Waals surface area contributed by atoms with E-state index >= 15 is 0 Å². The fourth-order valence-corrected chi connectivity index (χ4v) is 3.24. The smallest absolute Gasteiger partial charge is 0.372 e. The molecule has 5 heteroatoms. The Bertz CT molecular complexity index is 256. The van der Waals surface area contributed by atoms with Crippen LogP contribution in [0.2, 0.25) is 0 Å². The van der Waals surface area contributed by atoms with Gasteiger partial charge in [0.2, 0.25) is 0 Å². The summed E-state index contributed by atoms with van der Waals surface area (Å²) in [6, 6.07) is 0. The molecule has 2 saturated carbocycles. The minimum Gasteiger partial charge on any atom is -0.372 e. The molecule has 0 aromatic rings. The summed E-state index contributed by atoms with van der Waals surface area (Å²) in [5, 5.41) is 0. The summed E-state index contributed by atoms with van der Waals surface area (Å²) in [5.74, 6) is 1.21. The normalized spacial score (nSPS) is 38.2. The number of ether oxygens (including phenoxy) is 1. The number of hydrogen-bond donors (Lipinski definition) is 1. The average molecular weight is 237 g/mol. The van der Waals surface area contributed by atoms with E-state index in [9.17, 15) is 13.2 Å². The van der Waals surface area contributed by atoms with Crippen molar-refractivity contribution in [2.75, 3.05) is 13.2 Å². The van der Waals surface area contributed by atoms with Crippen LogP contribution in [0.15, 0.2) is 0 Å². The Balaban J connectivity index is 1.70. The van der Waals surface area contributed by atoms with Crippen molar-refractivity contribution in [1.82, 2.24) is 0 Å². The van der Waals surface area contributed by atoms with E-state index in [0.717, 1.165) is 19.3 Å². The minimum atomic E-state index is -4.23. The predicted octanol–water partition coefficient (Wildman–Crippen LogP) is 2.47. The molecule has 0 heterocycles. The summed E-state index contributed by atoms with van der Waals surface area (Å²) < 4.78 is 40.2. The maximum Gasteiger partial charge on any atom is 0.411 e. The topological polar surface area (TPSA) is 35.2 Å². The molecule has 0 radical (unpaired) electrons. The average Bonchev–Trinajstić information content (AvgIpc) is 2.70. The molecule has 2 nitrogen and oxygen atoms in total. The van der Waals surface area contributed by atoms with Gasteiger partial charge in [-0.25, -0.2) is 0 Å². The van der Waals surface area contributed by atoms with Gasteiger partial charge in [-0.3, -0.25) is 0 Å². The molecule has 16 heavy (non-hydrogen) atoms. The second kappa shape index (κ2) is 4.18. The van der Waals surface area contributed by atoms with E-state index in [1.165, 1.54) is 6.42 Å². The van der Waals surface area contributed by atoms with Crippen molar-refractivity contribution in [3.8, 4) is 0 Å². The number of halogens is 3. The van der Waals surface area contributed by atoms with E-state index in [-0.39, 0.29) is 12.1 Å². The standard InChI is InChI=1S/C11H18F3NO/c12-11(13,14)7-16-4-3-10(15)6-8-1-2-9(10)5-8/h8-9H,1-7,15H2. The largest absolute Gasteiger partial charge is 0.411 e. The molecule has 0 aromatic heterocycles. The van der Waals surface area contributed by atoms with Crippen molar-refractivity contribution in [2.24, 2.45) is 17.6 Å². The highest BCUT2D eigenvalue weighted by molar-refractivity contribution is 5.04. The first-order valence-electron chi connectivity index (χ1n) is 5.82. The van der Waals surface area contributed by atoms with Crippen LogP contribution in [0.1, 0.15) is 32.1 Å². The Hall–Kier alpha value is -0.290. The molecular weight excluding hydrogens is 219 g/mol. The lowest BCUT2D eigenvalue weighted by molar-refractivity contribution is -0.175. The van der Waals surface area contributed by atoms with E-state index in [0.29, 0.717) is 18.3 Å². The second-order valence-corrected chi connectivity index (χ2v) is 5.23. The van der Waals surface area contributed by atoms with Gasteiger partial charge in [-0.15, -0.1) is 0 Å². The molecule has 0 amide bonds. The van der Waals surface area contributed by atoms with Crippen molar-refractivity contribution in [3.05, 3.63) is 0 Å². The number of fused-ring (bicyclic) bond motifs is 2. The summed E-state index contributed by atoms with van der Waals surface area (Å²) in [5.41, 5.74) is 5.98. The van der Waals surface area contributed by atoms with E-state index in [1.807, 2.05) is 0 Å². The van der Waals surface area contributed by atoms with Gasteiger partial charge in [0.25, 0.3) is 0 Å². The number of hydrogen-bond acceptors (Lipinski definition) is 2. The molecule has 2 fully saturated rings. The molecule has 2 aliphatic carbocycles. The molecule has 3 atom stereocenters. The molecule has 2 aliphatic rings. The van der Waals surface area contributed by atoms with Gasteiger partial charge >= 0.3 is 6.18 Å². The third-order valence-corrected chi connectivity index (χ3v) is 4.00. The summed E-state index contributed by atoms with van der Waals surface area (Å²) >= 11 is 0. The summed E-state index contributed by atoms with van der Waals surface area (Å²) in [6.07, 6.45) is 0.844. The summed E-state index contributed by atoms with van der Waals surface area (Å²) in [7, 11) is 0. The lowest BCUT2D eigenvalue weighted by atomic mass is 9.80. The Kier molecular flexibility index (Phi) is 3.18. The van der Waals surface area contributed by atoms with Crippen LogP contribution in [0.3, 0.4) is 0 Å². The maximum atomic E-state index is 11.8. The van der Waals surface area contributed by atoms with Gasteiger partial charge < -0.3 is 10.5 Å². The van der Waals surface area contributed by atoms with Crippen LogP contribution >= 0.6 is 0 Å². The van der Waals surface area contributed by atoms with Gasteiger partial charge in [-0.05, 0) is 37.5 Å². The molecule has 2 N–H and O–H groups in total. The number of alkyl halides is 3. The summed E-state index contributed by atoms with van der Waals surface area (Å²) in [4.78, 5) is 0. The molecule has 94 valence electrons. The second-order valence-electron chi connectivity index (χ2n) is 5.23. The molecule has 2 bridgehead atoms. The highest BCUT2D eigenvalue weighted by Gasteiger charge is 2.48. The fraction of sp³-hybridized carbons (Fsp3) is 1.00. The zero-order valence-electron chi connectivity index (χ0n) is 9.22. The lowest BCUT2D eigenvalue weighted by Crippen LogP contribution is -2.46. The van der Waals surface area contributed by atoms with Crippen molar-refractivity contribution in [3.63, 3.8) is 0 Å². The quantitative estimate of drug-likeness (QED) is 0.762. The molecule has 0 spiro atoms. The lowest BCUT2D eigenvalue weighted by Gasteiger charge is -2.33. The van der Waals surface area contributed by atoms with Gasteiger partial charge in [-0.1, -0.05) is 6.42 Å². The van der Waals surface area contributed by atoms with Gasteiger partial charge in [-0.2, -0.15) is 13.2 Å². The first kappa shape index (κ1) is 12.2. The third kappa shape index (κ3) is 2.69. The molecule has 0 aliphatic heterocycles. The van der Waals surface area contributed by atoms with Crippen LogP contribution in [0.25, 0.3) is 0 Å². The van der Waals surface area contributed by atoms with Gasteiger partial charge in [0.05, 0.1) is 0 Å². The minimum absolute atomic E-state index is 0.124. The van der Waals surface area contributed by atoms with E-state index in [4.69, 9.17) is 5.73 Å². The molecule has 3 unspecified atom stereocenters. The zero-order chi connectivity index (χ0) is 11.8. The SMILES string of the molecule is NC1(CCOCC(F)(F)F)CC2CCC1C2. The molecular formula is C11H18F3NO. The Labute approximate surface area is 93.3 Å². The Morgan fingerprint density at radius 2 is 2.06 bits per heavy atom. The number of rotatable bonds is 4. The van der Waals surface area contributed by atoms with Crippen LogP contribution in [-0.4, -0.2) is 24.9 Å². The monoisotopic (exact) mass is 237 g/mol. The first-order valence-corrected chi connectivity index (χ1v) is 5.82. The van der Waals surface area contributed by atoms with Crippen molar-refractivity contribution >= 4 is 0 Å². The van der Waals surface area contributed by atoms with Crippen LogP contribution in [0.4, 0.5) is 13.2 Å². The van der Waals surface area contributed by atoms with Crippen LogP contribution < -0.4 is 5.73 Å². The molecule has 0 aromatic carbocycles. The van der Waals surface area contributed by atoms with Gasteiger partial charge in [0.15, 0.2) is 0 Å². The predicted molar refractivity (Wildman–Crippen MR) is 53.9 cm³/mol. The highest BCUT2D eigenvalue weighted by Crippen LogP contribution is 2.50. The van der Waals surface area contributed by atoms with Crippen molar-refractivity contribution in [1.29, 1.82) is 0 Å². The third-order valence-electron chi connectivity index (χ3n) is 4.00. The molecule has 0 saturated heterocycles. The first-order chi connectivity index (χ1) is 7.39.